The quantitative estimate of drug-likeness (QED) is 0.222. The van der Waals surface area contributed by atoms with Crippen LogP contribution in [0, 0.1) is 12.7 Å². The second kappa shape index (κ2) is 10.9. The van der Waals surface area contributed by atoms with Gasteiger partial charge in [-0.15, -0.1) is 11.8 Å². The fraction of sp³-hybridized carbons (Fsp3) is 0.217. The number of hydrogen-bond acceptors (Lipinski definition) is 7. The Morgan fingerprint density at radius 2 is 1.83 bits per heavy atom. The van der Waals surface area contributed by atoms with E-state index in [1.165, 1.54) is 35.7 Å². The molecular weight excluding hydrogens is 504 g/mol. The van der Waals surface area contributed by atoms with E-state index in [-0.39, 0.29) is 17.2 Å². The van der Waals surface area contributed by atoms with Crippen molar-refractivity contribution in [2.24, 2.45) is 0 Å². The van der Waals surface area contributed by atoms with Gasteiger partial charge in [0.25, 0.3) is 0 Å². The molecule has 0 aliphatic rings. The lowest BCUT2D eigenvalue weighted by molar-refractivity contribution is -0.191. The molecule has 1 aromatic carbocycles. The minimum atomic E-state index is -4.50. The first-order valence-corrected chi connectivity index (χ1v) is 11.8. The molecule has 0 radical (unpaired) electrons. The molecule has 0 fully saturated rings. The molecule has 6 nitrogen and oxygen atoms in total. The van der Waals surface area contributed by atoms with Crippen molar-refractivity contribution in [1.29, 1.82) is 0 Å². The van der Waals surface area contributed by atoms with Crippen LogP contribution in [0.25, 0.3) is 27.5 Å². The minimum absolute atomic E-state index is 0.242. The summed E-state index contributed by atoms with van der Waals surface area (Å²) in [5.41, 5.74) is 2.30. The Morgan fingerprint density at radius 3 is 2.40 bits per heavy atom. The van der Waals surface area contributed by atoms with Crippen molar-refractivity contribution in [2.45, 2.75) is 36.4 Å². The molecule has 4 rings (SSSR count). The summed E-state index contributed by atoms with van der Waals surface area (Å²) in [6.45, 7) is 5.88. The summed E-state index contributed by atoms with van der Waals surface area (Å²) < 4.78 is 54.8. The molecule has 3 heterocycles. The molecule has 0 saturated heterocycles. The normalized spacial score (nSPS) is 11.2. The van der Waals surface area contributed by atoms with E-state index in [1.54, 1.807) is 34.8 Å². The number of rotatable bonds is 5. The zero-order valence-corrected chi connectivity index (χ0v) is 20.3. The molecule has 0 unspecified atom stereocenters. The van der Waals surface area contributed by atoms with Crippen molar-refractivity contribution >= 4 is 29.3 Å². The van der Waals surface area contributed by atoms with Gasteiger partial charge in [0.2, 0.25) is 5.13 Å². The third-order valence-electron chi connectivity index (χ3n) is 4.49. The van der Waals surface area contributed by atoms with E-state index in [0.717, 1.165) is 15.8 Å². The number of thioether (sulfide) groups is 1. The number of carbonyl (C=O) groups excluding carboxylic acids is 2. The van der Waals surface area contributed by atoms with Crippen LogP contribution in [0.4, 0.5) is 17.6 Å². The van der Waals surface area contributed by atoms with E-state index >= 15 is 0 Å². The van der Waals surface area contributed by atoms with E-state index in [4.69, 9.17) is 9.59 Å². The highest BCUT2D eigenvalue weighted by molar-refractivity contribution is 8.01. The molecule has 12 heteroatoms. The van der Waals surface area contributed by atoms with E-state index in [1.807, 2.05) is 20.8 Å². The van der Waals surface area contributed by atoms with E-state index in [2.05, 4.69) is 15.1 Å². The van der Waals surface area contributed by atoms with Crippen molar-refractivity contribution in [1.82, 2.24) is 19.7 Å². The van der Waals surface area contributed by atoms with Gasteiger partial charge in [-0.2, -0.15) is 27.9 Å². The number of alkyl halides is 3. The SMILES string of the molecule is Cc1nn(-c2nc(-c3ccc(C(F)(F)F)nc3)c(SC(C)C)s2)cc1-c1cccc(F)c1.O=C=O. The van der Waals surface area contributed by atoms with E-state index in [0.29, 0.717) is 27.6 Å². The molecule has 0 bridgehead atoms. The molecule has 35 heavy (non-hydrogen) atoms. The molecule has 0 aliphatic carbocycles. The van der Waals surface area contributed by atoms with Gasteiger partial charge in [0.05, 0.1) is 15.6 Å². The Balaban J connectivity index is 0.00000108. The highest BCUT2D eigenvalue weighted by atomic mass is 32.2. The fourth-order valence-corrected chi connectivity index (χ4v) is 5.52. The van der Waals surface area contributed by atoms with E-state index in [9.17, 15) is 17.6 Å². The molecule has 0 saturated carbocycles. The lowest BCUT2D eigenvalue weighted by atomic mass is 10.1. The Labute approximate surface area is 206 Å². The lowest BCUT2D eigenvalue weighted by Crippen LogP contribution is -2.07. The highest BCUT2D eigenvalue weighted by Crippen LogP contribution is 2.40. The maximum Gasteiger partial charge on any atom is 0.433 e. The maximum atomic E-state index is 13.7. The predicted octanol–water partition coefficient (Wildman–Crippen LogP) is 6.44. The second-order valence-corrected chi connectivity index (χ2v) is 10.2. The number of benzene rings is 1. The van der Waals surface area contributed by atoms with Crippen molar-refractivity contribution < 1.29 is 27.2 Å². The number of aromatic nitrogens is 4. The summed E-state index contributed by atoms with van der Waals surface area (Å²) in [5, 5.41) is 5.34. The Kier molecular flexibility index (Phi) is 8.21. The standard InChI is InChI=1S/C22H18F4N4S2.CO2/c1-12(2)31-20-19(15-7-8-18(27-10-15)22(24,25)26)28-21(32-20)30-11-17(13(3)29-30)14-5-4-6-16(23)9-14;2-1-3/h4-12H,1-3H3;. The molecule has 0 N–H and O–H groups in total. The third kappa shape index (κ3) is 6.41. The predicted molar refractivity (Wildman–Crippen MR) is 124 cm³/mol. The van der Waals surface area contributed by atoms with Gasteiger partial charge in [-0.3, -0.25) is 4.98 Å². The van der Waals surface area contributed by atoms with Gasteiger partial charge < -0.3 is 0 Å². The number of nitrogens with zero attached hydrogens (tertiary/aromatic N) is 4. The number of hydrogen-bond donors (Lipinski definition) is 0. The summed E-state index contributed by atoms with van der Waals surface area (Å²) in [5.74, 6) is -0.336. The average Bonchev–Trinajstić information content (AvgIpc) is 3.37. The van der Waals surface area contributed by atoms with Gasteiger partial charge in [0.1, 0.15) is 11.5 Å². The molecule has 182 valence electrons. The minimum Gasteiger partial charge on any atom is -0.251 e. The van der Waals surface area contributed by atoms with Gasteiger partial charge in [0.15, 0.2) is 0 Å². The summed E-state index contributed by atoms with van der Waals surface area (Å²) >= 11 is 2.96. The highest BCUT2D eigenvalue weighted by Gasteiger charge is 2.32. The molecule has 0 aliphatic heterocycles. The van der Waals surface area contributed by atoms with Crippen molar-refractivity contribution in [3.63, 3.8) is 0 Å². The number of aryl methyl sites for hydroxylation is 1. The lowest BCUT2D eigenvalue weighted by Gasteiger charge is -2.07. The van der Waals surface area contributed by atoms with Crippen molar-refractivity contribution in [2.75, 3.05) is 0 Å². The fourth-order valence-electron chi connectivity index (χ4n) is 3.07. The average molecular weight is 523 g/mol. The van der Waals surface area contributed by atoms with Crippen LogP contribution >= 0.6 is 23.1 Å². The topological polar surface area (TPSA) is 77.7 Å². The first-order valence-electron chi connectivity index (χ1n) is 10.1. The number of thiazole rings is 1. The van der Waals surface area contributed by atoms with Gasteiger partial charge in [-0.25, -0.2) is 14.1 Å². The maximum absolute atomic E-state index is 13.7. The smallest absolute Gasteiger partial charge is 0.251 e. The molecule has 0 spiro atoms. The summed E-state index contributed by atoms with van der Waals surface area (Å²) in [6.07, 6.45) is -1.28. The zero-order valence-electron chi connectivity index (χ0n) is 18.6. The van der Waals surface area contributed by atoms with Crippen LogP contribution in [0.5, 0.6) is 0 Å². The molecule has 0 amide bonds. The van der Waals surface area contributed by atoms with Crippen molar-refractivity contribution in [3.05, 3.63) is 66.0 Å². The largest absolute Gasteiger partial charge is 0.433 e. The Morgan fingerprint density at radius 1 is 1.11 bits per heavy atom. The molecule has 0 atom stereocenters. The Bertz CT molecular complexity index is 1340. The van der Waals surface area contributed by atoms with Crippen molar-refractivity contribution in [3.8, 4) is 27.5 Å². The molecule has 4 aromatic rings. The second-order valence-electron chi connectivity index (χ2n) is 7.40. The first-order chi connectivity index (χ1) is 16.5. The number of halogens is 4. The van der Waals surface area contributed by atoms with Crippen LogP contribution in [0.15, 0.2) is 53.0 Å². The summed E-state index contributed by atoms with van der Waals surface area (Å²) in [6, 6.07) is 8.60. The van der Waals surface area contributed by atoms with Crippen LogP contribution in [0.2, 0.25) is 0 Å². The van der Waals surface area contributed by atoms with Crippen LogP contribution in [0.3, 0.4) is 0 Å². The zero-order chi connectivity index (χ0) is 25.8. The van der Waals surface area contributed by atoms with Crippen LogP contribution in [-0.4, -0.2) is 31.1 Å². The first kappa shape index (κ1) is 26.3. The Hall–Kier alpha value is -3.34. The van der Waals surface area contributed by atoms with Crippen LogP contribution in [-0.2, 0) is 15.8 Å². The van der Waals surface area contributed by atoms with Crippen LogP contribution < -0.4 is 0 Å². The van der Waals surface area contributed by atoms with Gasteiger partial charge >= 0.3 is 12.3 Å². The molecular formula is C23H18F4N4O2S2. The molecule has 3 aromatic heterocycles. The van der Waals surface area contributed by atoms with E-state index < -0.39 is 11.9 Å². The third-order valence-corrected chi connectivity index (χ3v) is 6.74. The monoisotopic (exact) mass is 522 g/mol. The van der Waals surface area contributed by atoms with Crippen LogP contribution in [0.1, 0.15) is 25.2 Å². The summed E-state index contributed by atoms with van der Waals surface area (Å²) in [4.78, 5) is 24.5. The summed E-state index contributed by atoms with van der Waals surface area (Å²) in [7, 11) is 0. The van der Waals surface area contributed by atoms with Gasteiger partial charge in [0, 0.05) is 28.8 Å². The van der Waals surface area contributed by atoms with Gasteiger partial charge in [-0.1, -0.05) is 37.3 Å². The van der Waals surface area contributed by atoms with Gasteiger partial charge in [-0.05, 0) is 36.8 Å². The number of pyridine rings is 1.